The van der Waals surface area contributed by atoms with E-state index in [9.17, 15) is 9.59 Å². The molecule has 0 aliphatic carbocycles. The Balaban J connectivity index is 1.85. The lowest BCUT2D eigenvalue weighted by Gasteiger charge is -2.14. The largest absolute Gasteiger partial charge is 0.332 e. The topological polar surface area (TPSA) is 49.4 Å². The summed E-state index contributed by atoms with van der Waals surface area (Å²) in [7, 11) is 0. The average molecular weight is 408 g/mol. The van der Waals surface area contributed by atoms with E-state index < -0.39 is 0 Å². The average Bonchev–Trinajstić information content (AvgIpc) is 2.76. The molecule has 2 amide bonds. The number of amides is 2. The van der Waals surface area contributed by atoms with Gasteiger partial charge < -0.3 is 10.2 Å². The SMILES string of the molecule is O=C(CCN1CCSC1=O)Nc1ccc(Br)cc1Br. The lowest BCUT2D eigenvalue weighted by atomic mass is 10.3. The van der Waals surface area contributed by atoms with Gasteiger partial charge in [0.25, 0.3) is 5.24 Å². The molecule has 4 nitrogen and oxygen atoms in total. The summed E-state index contributed by atoms with van der Waals surface area (Å²) in [6, 6.07) is 5.56. The third-order valence-electron chi connectivity index (χ3n) is 2.66. The molecule has 1 saturated heterocycles. The molecular weight excluding hydrogens is 396 g/mol. The van der Waals surface area contributed by atoms with Crippen molar-refractivity contribution in [2.45, 2.75) is 6.42 Å². The minimum absolute atomic E-state index is 0.0672. The number of hydrogen-bond donors (Lipinski definition) is 1. The number of benzene rings is 1. The molecule has 0 spiro atoms. The van der Waals surface area contributed by atoms with Crippen LogP contribution in [-0.4, -0.2) is 34.9 Å². The maximum Gasteiger partial charge on any atom is 0.281 e. The zero-order valence-corrected chi connectivity index (χ0v) is 14.0. The van der Waals surface area contributed by atoms with E-state index in [4.69, 9.17) is 0 Å². The second-order valence-electron chi connectivity index (χ2n) is 4.02. The predicted molar refractivity (Wildman–Crippen MR) is 84.5 cm³/mol. The lowest BCUT2D eigenvalue weighted by Crippen LogP contribution is -2.27. The summed E-state index contributed by atoms with van der Waals surface area (Å²) in [5, 5.41) is 2.89. The monoisotopic (exact) mass is 406 g/mol. The van der Waals surface area contributed by atoms with E-state index in [1.54, 1.807) is 4.90 Å². The predicted octanol–water partition coefficient (Wildman–Crippen LogP) is 3.71. The molecule has 1 fully saturated rings. The summed E-state index contributed by atoms with van der Waals surface area (Å²) in [6.07, 6.45) is 0.314. The molecule has 1 N–H and O–H groups in total. The summed E-state index contributed by atoms with van der Waals surface area (Å²) in [4.78, 5) is 24.9. The summed E-state index contributed by atoms with van der Waals surface area (Å²) in [5.74, 6) is 0.728. The van der Waals surface area contributed by atoms with Crippen LogP contribution in [0, 0.1) is 0 Å². The van der Waals surface area contributed by atoms with Gasteiger partial charge in [0.15, 0.2) is 0 Å². The first-order valence-electron chi connectivity index (χ1n) is 5.73. The second-order valence-corrected chi connectivity index (χ2v) is 6.84. The van der Waals surface area contributed by atoms with Crippen LogP contribution in [-0.2, 0) is 4.79 Å². The fourth-order valence-corrected chi connectivity index (χ4v) is 3.67. The van der Waals surface area contributed by atoms with E-state index in [0.717, 1.165) is 26.9 Å². The van der Waals surface area contributed by atoms with E-state index in [0.29, 0.717) is 13.0 Å². The first kappa shape index (κ1) is 14.9. The van der Waals surface area contributed by atoms with Gasteiger partial charge in [-0.3, -0.25) is 9.59 Å². The van der Waals surface area contributed by atoms with Crippen LogP contribution in [0.2, 0.25) is 0 Å². The van der Waals surface area contributed by atoms with E-state index in [1.807, 2.05) is 18.2 Å². The van der Waals surface area contributed by atoms with Gasteiger partial charge in [0.1, 0.15) is 0 Å². The van der Waals surface area contributed by atoms with Crippen molar-refractivity contribution in [3.8, 4) is 0 Å². The number of halogens is 2. The summed E-state index contributed by atoms with van der Waals surface area (Å²) < 4.78 is 1.76. The highest BCUT2D eigenvalue weighted by Crippen LogP contribution is 2.26. The Morgan fingerprint density at radius 2 is 2.21 bits per heavy atom. The Bertz CT molecular complexity index is 511. The van der Waals surface area contributed by atoms with E-state index in [2.05, 4.69) is 37.2 Å². The number of nitrogens with one attached hydrogen (secondary N) is 1. The third kappa shape index (κ3) is 4.22. The molecule has 1 aliphatic heterocycles. The summed E-state index contributed by atoms with van der Waals surface area (Å²) >= 11 is 8.05. The van der Waals surface area contributed by atoms with Gasteiger partial charge in [-0.25, -0.2) is 0 Å². The Kier molecular flexibility index (Phi) is 5.29. The van der Waals surface area contributed by atoms with Crippen molar-refractivity contribution < 1.29 is 9.59 Å². The molecule has 0 bridgehead atoms. The molecule has 0 saturated carbocycles. The third-order valence-corrected chi connectivity index (χ3v) is 4.70. The number of nitrogens with zero attached hydrogens (tertiary/aromatic N) is 1. The number of carbonyl (C=O) groups is 2. The Morgan fingerprint density at radius 1 is 1.42 bits per heavy atom. The molecule has 1 heterocycles. The van der Waals surface area contributed by atoms with Gasteiger partial charge in [-0.15, -0.1) is 0 Å². The minimum Gasteiger partial charge on any atom is -0.332 e. The van der Waals surface area contributed by atoms with Crippen LogP contribution in [0.5, 0.6) is 0 Å². The highest BCUT2D eigenvalue weighted by molar-refractivity contribution is 9.11. The van der Waals surface area contributed by atoms with Gasteiger partial charge in [-0.1, -0.05) is 27.7 Å². The van der Waals surface area contributed by atoms with Crippen LogP contribution < -0.4 is 5.32 Å². The number of hydrogen-bond acceptors (Lipinski definition) is 3. The van der Waals surface area contributed by atoms with Crippen molar-refractivity contribution in [2.24, 2.45) is 0 Å². The van der Waals surface area contributed by atoms with Crippen LogP contribution in [0.1, 0.15) is 6.42 Å². The molecule has 2 rings (SSSR count). The van der Waals surface area contributed by atoms with Crippen molar-refractivity contribution in [1.82, 2.24) is 4.90 Å². The van der Waals surface area contributed by atoms with Crippen LogP contribution >= 0.6 is 43.6 Å². The number of rotatable bonds is 4. The molecule has 102 valence electrons. The zero-order valence-electron chi connectivity index (χ0n) is 9.99. The molecule has 0 aromatic heterocycles. The maximum absolute atomic E-state index is 11.8. The fourth-order valence-electron chi connectivity index (χ4n) is 1.67. The van der Waals surface area contributed by atoms with Crippen LogP contribution in [0.15, 0.2) is 27.1 Å². The van der Waals surface area contributed by atoms with Gasteiger partial charge >= 0.3 is 0 Å². The minimum atomic E-state index is -0.0901. The smallest absolute Gasteiger partial charge is 0.281 e. The summed E-state index contributed by atoms with van der Waals surface area (Å²) in [5.41, 5.74) is 0.732. The van der Waals surface area contributed by atoms with Crippen molar-refractivity contribution in [2.75, 3.05) is 24.2 Å². The van der Waals surface area contributed by atoms with Crippen LogP contribution in [0.3, 0.4) is 0 Å². The molecule has 19 heavy (non-hydrogen) atoms. The Hall–Kier alpha value is -0.530. The first-order chi connectivity index (χ1) is 9.06. The van der Waals surface area contributed by atoms with Crippen molar-refractivity contribution in [3.05, 3.63) is 27.1 Å². The molecule has 0 unspecified atom stereocenters. The van der Waals surface area contributed by atoms with Gasteiger partial charge in [0, 0.05) is 34.2 Å². The lowest BCUT2D eigenvalue weighted by molar-refractivity contribution is -0.116. The molecule has 1 aromatic carbocycles. The van der Waals surface area contributed by atoms with E-state index in [1.165, 1.54) is 11.8 Å². The van der Waals surface area contributed by atoms with Gasteiger partial charge in [-0.2, -0.15) is 0 Å². The molecular formula is C12H12Br2N2O2S. The number of thioether (sulfide) groups is 1. The second kappa shape index (κ2) is 6.76. The molecule has 7 heteroatoms. The number of carbonyl (C=O) groups excluding carboxylic acids is 2. The molecule has 1 aromatic rings. The zero-order chi connectivity index (χ0) is 13.8. The molecule has 0 atom stereocenters. The molecule has 1 aliphatic rings. The number of anilines is 1. The Labute approximate surface area is 132 Å². The Morgan fingerprint density at radius 3 is 2.84 bits per heavy atom. The fraction of sp³-hybridized carbons (Fsp3) is 0.333. The highest BCUT2D eigenvalue weighted by Gasteiger charge is 2.21. The first-order valence-corrected chi connectivity index (χ1v) is 8.30. The molecule has 0 radical (unpaired) electrons. The van der Waals surface area contributed by atoms with Gasteiger partial charge in [0.05, 0.1) is 5.69 Å². The summed E-state index contributed by atoms with van der Waals surface area (Å²) in [6.45, 7) is 1.21. The van der Waals surface area contributed by atoms with Crippen LogP contribution in [0.4, 0.5) is 10.5 Å². The van der Waals surface area contributed by atoms with Crippen molar-refractivity contribution in [1.29, 1.82) is 0 Å². The van der Waals surface area contributed by atoms with Crippen molar-refractivity contribution >= 4 is 60.5 Å². The maximum atomic E-state index is 11.8. The van der Waals surface area contributed by atoms with Crippen LogP contribution in [0.25, 0.3) is 0 Å². The normalized spacial score (nSPS) is 14.8. The van der Waals surface area contributed by atoms with E-state index >= 15 is 0 Å². The standard InChI is InChI=1S/C12H12Br2N2O2S/c13-8-1-2-10(9(14)7-8)15-11(17)3-4-16-5-6-19-12(16)18/h1-2,7H,3-6H2,(H,15,17). The van der Waals surface area contributed by atoms with Gasteiger partial charge in [0.2, 0.25) is 5.91 Å². The van der Waals surface area contributed by atoms with Gasteiger partial charge in [-0.05, 0) is 34.1 Å². The highest BCUT2D eigenvalue weighted by atomic mass is 79.9. The quantitative estimate of drug-likeness (QED) is 0.827. The van der Waals surface area contributed by atoms with Crippen molar-refractivity contribution in [3.63, 3.8) is 0 Å². The van der Waals surface area contributed by atoms with E-state index in [-0.39, 0.29) is 11.1 Å².